The normalized spacial score (nSPS) is 17.4. The fourth-order valence-electron chi connectivity index (χ4n) is 3.16. The lowest BCUT2D eigenvalue weighted by Gasteiger charge is -2.18. The molecule has 4 rings (SSSR count). The number of hydrogen-bond donors (Lipinski definition) is 1. The second-order valence-corrected chi connectivity index (χ2v) is 6.55. The van der Waals surface area contributed by atoms with Gasteiger partial charge < -0.3 is 10.2 Å². The van der Waals surface area contributed by atoms with Gasteiger partial charge >= 0.3 is 0 Å². The van der Waals surface area contributed by atoms with Crippen LogP contribution in [0.2, 0.25) is 5.02 Å². The Morgan fingerprint density at radius 2 is 2.20 bits per heavy atom. The number of hydrogen-bond acceptors (Lipinski definition) is 4. The van der Waals surface area contributed by atoms with Crippen molar-refractivity contribution in [2.24, 2.45) is 0 Å². The molecule has 1 N–H and O–H groups in total. The van der Waals surface area contributed by atoms with E-state index in [1.807, 2.05) is 30.3 Å². The lowest BCUT2D eigenvalue weighted by Crippen LogP contribution is -2.28. The van der Waals surface area contributed by atoms with Crippen LogP contribution in [0, 0.1) is 0 Å². The number of fused-ring (bicyclic) bond motifs is 1. The minimum atomic E-state index is 0.00554. The lowest BCUT2D eigenvalue weighted by molar-refractivity contribution is -0.117. The van der Waals surface area contributed by atoms with Crippen molar-refractivity contribution in [2.45, 2.75) is 25.8 Å². The summed E-state index contributed by atoms with van der Waals surface area (Å²) in [4.78, 5) is 18.7. The quantitative estimate of drug-likeness (QED) is 0.780. The number of halogens is 1. The Bertz CT molecular complexity index is 938. The molecule has 0 aliphatic carbocycles. The summed E-state index contributed by atoms with van der Waals surface area (Å²) < 4.78 is 1.77. The second-order valence-electron chi connectivity index (χ2n) is 6.12. The van der Waals surface area contributed by atoms with Crippen molar-refractivity contribution in [3.05, 3.63) is 53.3 Å². The van der Waals surface area contributed by atoms with Gasteiger partial charge in [0.2, 0.25) is 5.91 Å². The van der Waals surface area contributed by atoms with Gasteiger partial charge in [0.05, 0.1) is 12.2 Å². The highest BCUT2D eigenvalue weighted by molar-refractivity contribution is 6.30. The zero-order valence-electron chi connectivity index (χ0n) is 13.8. The summed E-state index contributed by atoms with van der Waals surface area (Å²) in [5.74, 6) is 0.943. The Kier molecular flexibility index (Phi) is 4.05. The molecular weight excluding hydrogens is 338 g/mol. The van der Waals surface area contributed by atoms with E-state index < -0.39 is 0 Å². The summed E-state index contributed by atoms with van der Waals surface area (Å²) in [5, 5.41) is 8.40. The van der Waals surface area contributed by atoms with Gasteiger partial charge in [-0.1, -0.05) is 24.6 Å². The Morgan fingerprint density at radius 1 is 1.32 bits per heavy atom. The van der Waals surface area contributed by atoms with E-state index in [1.165, 1.54) is 0 Å². The highest BCUT2D eigenvalue weighted by Crippen LogP contribution is 2.26. The zero-order valence-corrected chi connectivity index (χ0v) is 14.6. The predicted molar refractivity (Wildman–Crippen MR) is 98.2 cm³/mol. The maximum atomic E-state index is 12.4. The summed E-state index contributed by atoms with van der Waals surface area (Å²) in [7, 11) is 0. The van der Waals surface area contributed by atoms with Crippen molar-refractivity contribution < 1.29 is 4.79 Å². The molecule has 3 heterocycles. The molecule has 0 spiro atoms. The molecule has 1 aliphatic heterocycles. The summed E-state index contributed by atoms with van der Waals surface area (Å²) in [6, 6.07) is 11.3. The van der Waals surface area contributed by atoms with Gasteiger partial charge in [-0.3, -0.25) is 4.79 Å². The summed E-state index contributed by atoms with van der Waals surface area (Å²) in [6.07, 6.45) is 3.00. The van der Waals surface area contributed by atoms with E-state index in [0.29, 0.717) is 18.0 Å². The highest BCUT2D eigenvalue weighted by atomic mass is 35.5. The van der Waals surface area contributed by atoms with Crippen LogP contribution in [-0.4, -0.2) is 33.1 Å². The number of carbonyl (C=O) groups is 1. The van der Waals surface area contributed by atoms with Crippen molar-refractivity contribution in [3.63, 3.8) is 0 Å². The maximum absolute atomic E-state index is 12.4. The van der Waals surface area contributed by atoms with Crippen molar-refractivity contribution in [2.75, 3.05) is 16.8 Å². The molecule has 2 aromatic heterocycles. The van der Waals surface area contributed by atoms with Crippen LogP contribution in [0.5, 0.6) is 0 Å². The molecule has 3 aromatic rings. The maximum Gasteiger partial charge on any atom is 0.229 e. The Labute approximate surface area is 150 Å². The molecule has 128 valence electrons. The third-order valence-corrected chi connectivity index (χ3v) is 4.61. The molecule has 0 radical (unpaired) electrons. The van der Waals surface area contributed by atoms with Gasteiger partial charge in [0.1, 0.15) is 5.82 Å². The molecule has 0 unspecified atom stereocenters. The number of anilines is 2. The van der Waals surface area contributed by atoms with E-state index >= 15 is 0 Å². The first-order valence-electron chi connectivity index (χ1n) is 8.30. The van der Waals surface area contributed by atoms with Crippen LogP contribution in [0.1, 0.15) is 19.0 Å². The summed E-state index contributed by atoms with van der Waals surface area (Å²) in [6.45, 7) is 2.66. The molecule has 1 amide bonds. The standard InChI is InChI=1S/C18H18ClN5O/c1-2-13-9-17(24-16(21-13)6-7-20-24)22-14-10-18(25)23(11-14)15-5-3-4-12(19)8-15/h3-9,14,22H,2,10-11H2,1H3/t14-/m1/s1. The van der Waals surface area contributed by atoms with E-state index in [9.17, 15) is 4.79 Å². The molecule has 6 nitrogen and oxygen atoms in total. The van der Waals surface area contributed by atoms with E-state index in [0.717, 1.165) is 29.3 Å². The second kappa shape index (κ2) is 6.37. The first-order valence-corrected chi connectivity index (χ1v) is 8.68. The Hall–Kier alpha value is -2.60. The average Bonchev–Trinajstić information content (AvgIpc) is 3.21. The molecule has 1 atom stereocenters. The smallest absolute Gasteiger partial charge is 0.229 e. The first kappa shape index (κ1) is 15.9. The topological polar surface area (TPSA) is 62.5 Å². The first-order chi connectivity index (χ1) is 12.1. The number of benzene rings is 1. The zero-order chi connectivity index (χ0) is 17.4. The van der Waals surface area contributed by atoms with Crippen LogP contribution in [0.4, 0.5) is 11.5 Å². The number of carbonyl (C=O) groups excluding carboxylic acids is 1. The van der Waals surface area contributed by atoms with Crippen molar-refractivity contribution in [3.8, 4) is 0 Å². The van der Waals surface area contributed by atoms with Crippen molar-refractivity contribution in [1.29, 1.82) is 0 Å². The van der Waals surface area contributed by atoms with Crippen LogP contribution < -0.4 is 10.2 Å². The number of aryl methyl sites for hydroxylation is 1. The largest absolute Gasteiger partial charge is 0.365 e. The summed E-state index contributed by atoms with van der Waals surface area (Å²) in [5.41, 5.74) is 2.62. The van der Waals surface area contributed by atoms with Crippen LogP contribution in [0.25, 0.3) is 5.65 Å². The van der Waals surface area contributed by atoms with E-state index in [1.54, 1.807) is 21.7 Å². The van der Waals surface area contributed by atoms with Gasteiger partial charge in [0, 0.05) is 41.5 Å². The van der Waals surface area contributed by atoms with Crippen molar-refractivity contribution >= 4 is 34.7 Å². The molecule has 1 aromatic carbocycles. The number of rotatable bonds is 4. The molecule has 7 heteroatoms. The van der Waals surface area contributed by atoms with Gasteiger partial charge in [-0.15, -0.1) is 0 Å². The number of nitrogens with one attached hydrogen (secondary N) is 1. The third-order valence-electron chi connectivity index (χ3n) is 4.37. The lowest BCUT2D eigenvalue weighted by atomic mass is 10.2. The Balaban J connectivity index is 1.58. The molecule has 1 aliphatic rings. The Morgan fingerprint density at radius 3 is 3.00 bits per heavy atom. The average molecular weight is 356 g/mol. The van der Waals surface area contributed by atoms with Gasteiger partial charge in [0.25, 0.3) is 0 Å². The minimum absolute atomic E-state index is 0.00554. The van der Waals surface area contributed by atoms with E-state index in [4.69, 9.17) is 11.6 Å². The molecule has 1 fully saturated rings. The molecule has 1 saturated heterocycles. The van der Waals surface area contributed by atoms with E-state index in [2.05, 4.69) is 22.3 Å². The van der Waals surface area contributed by atoms with Gasteiger partial charge in [0.15, 0.2) is 5.65 Å². The SMILES string of the molecule is CCc1cc(N[C@@H]2CC(=O)N(c3cccc(Cl)c3)C2)n2nccc2n1. The van der Waals surface area contributed by atoms with Crippen LogP contribution in [-0.2, 0) is 11.2 Å². The van der Waals surface area contributed by atoms with Gasteiger partial charge in [-0.2, -0.15) is 9.61 Å². The molecule has 0 saturated carbocycles. The third kappa shape index (κ3) is 3.05. The van der Waals surface area contributed by atoms with Crippen LogP contribution in [0.15, 0.2) is 42.6 Å². The molecule has 0 bridgehead atoms. The highest BCUT2D eigenvalue weighted by Gasteiger charge is 2.31. The number of amides is 1. The minimum Gasteiger partial charge on any atom is -0.365 e. The van der Waals surface area contributed by atoms with Gasteiger partial charge in [-0.05, 0) is 24.6 Å². The fraction of sp³-hybridized carbons (Fsp3) is 0.278. The number of aromatic nitrogens is 3. The number of nitrogens with zero attached hydrogens (tertiary/aromatic N) is 4. The van der Waals surface area contributed by atoms with E-state index in [-0.39, 0.29) is 11.9 Å². The molecular formula is C18H18ClN5O. The van der Waals surface area contributed by atoms with Crippen LogP contribution >= 0.6 is 11.6 Å². The monoisotopic (exact) mass is 355 g/mol. The molecule has 25 heavy (non-hydrogen) atoms. The fourth-order valence-corrected chi connectivity index (χ4v) is 3.34. The predicted octanol–water partition coefficient (Wildman–Crippen LogP) is 3.16. The van der Waals surface area contributed by atoms with Gasteiger partial charge in [-0.25, -0.2) is 4.98 Å². The van der Waals surface area contributed by atoms with Crippen LogP contribution in [0.3, 0.4) is 0 Å². The summed E-state index contributed by atoms with van der Waals surface area (Å²) >= 11 is 6.05. The van der Waals surface area contributed by atoms with Crippen molar-refractivity contribution in [1.82, 2.24) is 14.6 Å².